The van der Waals surface area contributed by atoms with E-state index in [9.17, 15) is 0 Å². The molecule has 1 rings (SSSR count). The molecule has 0 radical (unpaired) electrons. The number of rotatable bonds is 6. The van der Waals surface area contributed by atoms with Gasteiger partial charge in [-0.3, -0.25) is 0 Å². The molecule has 0 amide bonds. The van der Waals surface area contributed by atoms with Gasteiger partial charge >= 0.3 is 7.12 Å². The standard InChI is InChI=1S/C13H25BO4/c1-11(16-10-15-6)8-7-9-14-17-12(2,3)13(4,5)18-14/h7,9,11H,8,10H2,1-6H3/b9-7+. The molecule has 0 aromatic heterocycles. The number of methoxy groups -OCH3 is 1. The molecule has 1 atom stereocenters. The molecule has 0 aromatic rings. The second-order valence-corrected chi connectivity index (χ2v) is 5.67. The maximum atomic E-state index is 5.85. The minimum absolute atomic E-state index is 0.128. The Kier molecular flexibility index (Phi) is 5.40. The molecule has 0 bridgehead atoms. The summed E-state index contributed by atoms with van der Waals surface area (Å²) in [5.74, 6) is 1.95. The van der Waals surface area contributed by atoms with Gasteiger partial charge in [-0.05, 0) is 41.0 Å². The third kappa shape index (κ3) is 4.09. The molecule has 0 spiro atoms. The van der Waals surface area contributed by atoms with E-state index in [-0.39, 0.29) is 24.4 Å². The summed E-state index contributed by atoms with van der Waals surface area (Å²) >= 11 is 0. The van der Waals surface area contributed by atoms with Crippen molar-refractivity contribution in [1.29, 1.82) is 0 Å². The van der Waals surface area contributed by atoms with Crippen molar-refractivity contribution < 1.29 is 18.8 Å². The highest BCUT2D eigenvalue weighted by molar-refractivity contribution is 6.51. The van der Waals surface area contributed by atoms with Crippen LogP contribution in [0.3, 0.4) is 0 Å². The lowest BCUT2D eigenvalue weighted by Gasteiger charge is -2.32. The Morgan fingerprint density at radius 3 is 2.22 bits per heavy atom. The lowest BCUT2D eigenvalue weighted by molar-refractivity contribution is -0.0638. The summed E-state index contributed by atoms with van der Waals surface area (Å²) in [5, 5.41) is 0. The summed E-state index contributed by atoms with van der Waals surface area (Å²) in [6.45, 7) is 10.5. The SMILES string of the molecule is COCOC(C)C/C=C/B1OC(C)(C)C(C)(C)O1. The lowest BCUT2D eigenvalue weighted by Crippen LogP contribution is -2.41. The van der Waals surface area contributed by atoms with E-state index in [2.05, 4.69) is 0 Å². The van der Waals surface area contributed by atoms with Crippen LogP contribution in [0.2, 0.25) is 0 Å². The Balaban J connectivity index is 2.37. The highest BCUT2D eigenvalue weighted by Crippen LogP contribution is 2.36. The molecule has 0 N–H and O–H groups in total. The molecule has 1 fully saturated rings. The lowest BCUT2D eigenvalue weighted by atomic mass is 9.89. The first-order valence-corrected chi connectivity index (χ1v) is 6.41. The zero-order valence-corrected chi connectivity index (χ0v) is 12.4. The van der Waals surface area contributed by atoms with Crippen molar-refractivity contribution in [3.63, 3.8) is 0 Å². The Morgan fingerprint density at radius 1 is 1.17 bits per heavy atom. The van der Waals surface area contributed by atoms with Crippen LogP contribution in [0.1, 0.15) is 41.0 Å². The maximum absolute atomic E-state index is 5.85. The van der Waals surface area contributed by atoms with Crippen LogP contribution in [-0.4, -0.2) is 38.3 Å². The number of ether oxygens (including phenoxy) is 2. The van der Waals surface area contributed by atoms with Gasteiger partial charge in [-0.15, -0.1) is 0 Å². The van der Waals surface area contributed by atoms with Crippen molar-refractivity contribution >= 4 is 7.12 Å². The smallest absolute Gasteiger partial charge is 0.400 e. The summed E-state index contributed by atoms with van der Waals surface area (Å²) in [7, 11) is 1.34. The minimum atomic E-state index is -0.278. The molecule has 1 aliphatic heterocycles. The fourth-order valence-electron chi connectivity index (χ4n) is 1.60. The van der Waals surface area contributed by atoms with Crippen LogP contribution in [0.15, 0.2) is 12.1 Å². The molecule has 18 heavy (non-hydrogen) atoms. The van der Waals surface area contributed by atoms with Crippen LogP contribution >= 0.6 is 0 Å². The van der Waals surface area contributed by atoms with E-state index in [0.29, 0.717) is 6.79 Å². The third-order valence-corrected chi connectivity index (χ3v) is 3.50. The predicted molar refractivity (Wildman–Crippen MR) is 72.3 cm³/mol. The topological polar surface area (TPSA) is 36.9 Å². The van der Waals surface area contributed by atoms with Crippen LogP contribution in [0.25, 0.3) is 0 Å². The van der Waals surface area contributed by atoms with E-state index in [1.54, 1.807) is 7.11 Å². The predicted octanol–water partition coefficient (Wildman–Crippen LogP) is 2.57. The Labute approximate surface area is 111 Å². The molecular formula is C13H25BO4. The zero-order chi connectivity index (χ0) is 13.8. The molecule has 104 valence electrons. The first kappa shape index (κ1) is 15.7. The van der Waals surface area contributed by atoms with Gasteiger partial charge in [0, 0.05) is 7.11 Å². The Morgan fingerprint density at radius 2 is 1.72 bits per heavy atom. The fraction of sp³-hybridized carbons (Fsp3) is 0.846. The van der Waals surface area contributed by atoms with E-state index in [1.807, 2.05) is 46.7 Å². The molecule has 4 nitrogen and oxygen atoms in total. The molecule has 1 aliphatic rings. The molecule has 1 unspecified atom stereocenters. The van der Waals surface area contributed by atoms with Gasteiger partial charge in [-0.2, -0.15) is 0 Å². The summed E-state index contributed by atoms with van der Waals surface area (Å²) < 4.78 is 21.9. The second kappa shape index (κ2) is 6.19. The van der Waals surface area contributed by atoms with E-state index in [0.717, 1.165) is 6.42 Å². The molecule has 1 heterocycles. The van der Waals surface area contributed by atoms with Crippen LogP contribution < -0.4 is 0 Å². The summed E-state index contributed by atoms with van der Waals surface area (Å²) in [6.07, 6.45) is 2.97. The highest BCUT2D eigenvalue weighted by atomic mass is 16.7. The van der Waals surface area contributed by atoms with Crippen molar-refractivity contribution in [1.82, 2.24) is 0 Å². The Hall–Kier alpha value is -0.355. The van der Waals surface area contributed by atoms with Crippen molar-refractivity contribution in [2.45, 2.75) is 58.3 Å². The van der Waals surface area contributed by atoms with Gasteiger partial charge in [0.1, 0.15) is 6.79 Å². The van der Waals surface area contributed by atoms with Crippen LogP contribution in [0.5, 0.6) is 0 Å². The maximum Gasteiger partial charge on any atom is 0.486 e. The van der Waals surface area contributed by atoms with Crippen molar-refractivity contribution in [3.8, 4) is 0 Å². The number of hydrogen-bond acceptors (Lipinski definition) is 4. The van der Waals surface area contributed by atoms with E-state index >= 15 is 0 Å². The number of hydrogen-bond donors (Lipinski definition) is 0. The normalized spacial score (nSPS) is 23.8. The molecule has 5 heteroatoms. The monoisotopic (exact) mass is 256 g/mol. The summed E-state index contributed by atoms with van der Waals surface area (Å²) in [5.41, 5.74) is -0.555. The average molecular weight is 256 g/mol. The molecular weight excluding hydrogens is 231 g/mol. The van der Waals surface area contributed by atoms with Gasteiger partial charge in [-0.25, -0.2) is 0 Å². The second-order valence-electron chi connectivity index (χ2n) is 5.67. The minimum Gasteiger partial charge on any atom is -0.400 e. The van der Waals surface area contributed by atoms with Gasteiger partial charge in [0.05, 0.1) is 17.3 Å². The van der Waals surface area contributed by atoms with Gasteiger partial charge < -0.3 is 18.8 Å². The first-order chi connectivity index (χ1) is 8.28. The highest BCUT2D eigenvalue weighted by Gasteiger charge is 2.49. The quantitative estimate of drug-likeness (QED) is 0.540. The van der Waals surface area contributed by atoms with Crippen molar-refractivity contribution in [3.05, 3.63) is 12.1 Å². The zero-order valence-electron chi connectivity index (χ0n) is 12.4. The average Bonchev–Trinajstić information content (AvgIpc) is 2.44. The summed E-state index contributed by atoms with van der Waals surface area (Å²) in [6, 6.07) is 0. The van der Waals surface area contributed by atoms with Gasteiger partial charge in [-0.1, -0.05) is 12.1 Å². The molecule has 0 aromatic carbocycles. The van der Waals surface area contributed by atoms with Crippen LogP contribution in [0, 0.1) is 0 Å². The first-order valence-electron chi connectivity index (χ1n) is 6.41. The van der Waals surface area contributed by atoms with Gasteiger partial charge in [0.25, 0.3) is 0 Å². The van der Waals surface area contributed by atoms with Crippen LogP contribution in [-0.2, 0) is 18.8 Å². The van der Waals surface area contributed by atoms with Gasteiger partial charge in [0.15, 0.2) is 0 Å². The molecule has 0 aliphatic carbocycles. The van der Waals surface area contributed by atoms with Crippen molar-refractivity contribution in [2.24, 2.45) is 0 Å². The van der Waals surface area contributed by atoms with Crippen LogP contribution in [0.4, 0.5) is 0 Å². The van der Waals surface area contributed by atoms with Crippen molar-refractivity contribution in [2.75, 3.05) is 13.9 Å². The van der Waals surface area contributed by atoms with E-state index in [1.165, 1.54) is 0 Å². The molecule has 1 saturated heterocycles. The third-order valence-electron chi connectivity index (χ3n) is 3.50. The molecule has 0 saturated carbocycles. The van der Waals surface area contributed by atoms with Gasteiger partial charge in [0.2, 0.25) is 0 Å². The van der Waals surface area contributed by atoms with E-state index in [4.69, 9.17) is 18.8 Å². The fourth-order valence-corrected chi connectivity index (χ4v) is 1.60. The van der Waals surface area contributed by atoms with E-state index < -0.39 is 0 Å². The summed E-state index contributed by atoms with van der Waals surface area (Å²) in [4.78, 5) is 0. The largest absolute Gasteiger partial charge is 0.486 e. The Bertz CT molecular complexity index is 273.